The lowest BCUT2D eigenvalue weighted by molar-refractivity contribution is 0.573. The van der Waals surface area contributed by atoms with Crippen molar-refractivity contribution in [3.05, 3.63) is 35.1 Å². The van der Waals surface area contributed by atoms with E-state index in [9.17, 15) is 12.8 Å². The van der Waals surface area contributed by atoms with Crippen LogP contribution in [0.25, 0.3) is 0 Å². The average Bonchev–Trinajstić information content (AvgIpc) is 2.29. The van der Waals surface area contributed by atoms with Crippen LogP contribution in [-0.4, -0.2) is 14.2 Å². The van der Waals surface area contributed by atoms with Gasteiger partial charge in [0.15, 0.2) is 9.84 Å². The molecule has 0 saturated carbocycles. The van der Waals surface area contributed by atoms with Gasteiger partial charge in [-0.1, -0.05) is 19.9 Å². The predicted octanol–water partition coefficient (Wildman–Crippen LogP) is 2.66. The molecule has 3 nitrogen and oxygen atoms in total. The number of benzene rings is 1. The van der Waals surface area contributed by atoms with E-state index < -0.39 is 15.7 Å². The van der Waals surface area contributed by atoms with Gasteiger partial charge in [0.1, 0.15) is 11.9 Å². The summed E-state index contributed by atoms with van der Waals surface area (Å²) < 4.78 is 36.7. The Hall–Kier alpha value is -1.41. The Bertz CT molecular complexity index is 559. The fraction of sp³-hybridized carbons (Fsp3) is 0.462. The van der Waals surface area contributed by atoms with Crippen molar-refractivity contribution < 1.29 is 12.8 Å². The quantitative estimate of drug-likeness (QED) is 0.825. The first-order chi connectivity index (χ1) is 8.34. The van der Waals surface area contributed by atoms with Gasteiger partial charge in [-0.2, -0.15) is 5.26 Å². The van der Waals surface area contributed by atoms with Gasteiger partial charge >= 0.3 is 0 Å². The van der Waals surface area contributed by atoms with Crippen molar-refractivity contribution in [1.82, 2.24) is 0 Å². The van der Waals surface area contributed by atoms with Gasteiger partial charge in [-0.05, 0) is 30.0 Å². The highest BCUT2D eigenvalue weighted by Gasteiger charge is 2.14. The van der Waals surface area contributed by atoms with Crippen LogP contribution in [-0.2, 0) is 15.6 Å². The summed E-state index contributed by atoms with van der Waals surface area (Å²) >= 11 is 0. The molecule has 0 atom stereocenters. The number of halogens is 1. The Morgan fingerprint density at radius 1 is 1.39 bits per heavy atom. The molecule has 0 aromatic heterocycles. The maximum atomic E-state index is 13.1. The fourth-order valence-electron chi connectivity index (χ4n) is 1.49. The number of hydrogen-bond acceptors (Lipinski definition) is 3. The van der Waals surface area contributed by atoms with Crippen molar-refractivity contribution in [3.8, 4) is 6.07 Å². The van der Waals surface area contributed by atoms with Crippen molar-refractivity contribution in [3.63, 3.8) is 0 Å². The van der Waals surface area contributed by atoms with Crippen LogP contribution in [0.15, 0.2) is 18.2 Å². The first-order valence-electron chi connectivity index (χ1n) is 5.73. The summed E-state index contributed by atoms with van der Waals surface area (Å²) in [5.74, 6) is -0.331. The molecule has 1 rings (SSSR count). The standard InChI is InChI=1S/C13H16FNO2S/c1-10(2)5-6-18(16,17)9-11-3-4-13(14)12(7-11)8-15/h3-4,7,10H,5-6,9H2,1-2H3. The van der Waals surface area contributed by atoms with E-state index in [0.717, 1.165) is 6.07 Å². The average molecular weight is 269 g/mol. The smallest absolute Gasteiger partial charge is 0.154 e. The molecule has 18 heavy (non-hydrogen) atoms. The van der Waals surface area contributed by atoms with E-state index in [1.165, 1.54) is 12.1 Å². The minimum absolute atomic E-state index is 0.115. The molecule has 0 bridgehead atoms. The van der Waals surface area contributed by atoms with Crippen LogP contribution in [0.4, 0.5) is 4.39 Å². The second-order valence-electron chi connectivity index (χ2n) is 4.70. The molecule has 0 fully saturated rings. The Kier molecular flexibility index (Phi) is 4.85. The number of sulfone groups is 1. The monoisotopic (exact) mass is 269 g/mol. The summed E-state index contributed by atoms with van der Waals surface area (Å²) in [4.78, 5) is 0. The first-order valence-corrected chi connectivity index (χ1v) is 7.55. The van der Waals surface area contributed by atoms with Crippen LogP contribution in [0.3, 0.4) is 0 Å². The van der Waals surface area contributed by atoms with Crippen molar-refractivity contribution in [2.24, 2.45) is 5.92 Å². The zero-order valence-corrected chi connectivity index (χ0v) is 11.3. The van der Waals surface area contributed by atoms with E-state index in [1.54, 1.807) is 6.07 Å². The third-order valence-electron chi connectivity index (χ3n) is 2.54. The summed E-state index contributed by atoms with van der Waals surface area (Å²) in [5.41, 5.74) is 0.336. The van der Waals surface area contributed by atoms with Gasteiger partial charge in [-0.15, -0.1) is 0 Å². The minimum atomic E-state index is -3.20. The lowest BCUT2D eigenvalue weighted by atomic mass is 10.1. The van der Waals surface area contributed by atoms with Gasteiger partial charge in [-0.25, -0.2) is 12.8 Å². The van der Waals surface area contributed by atoms with E-state index in [1.807, 2.05) is 13.8 Å². The van der Waals surface area contributed by atoms with Crippen LogP contribution < -0.4 is 0 Å². The zero-order valence-electron chi connectivity index (χ0n) is 10.5. The summed E-state index contributed by atoms with van der Waals surface area (Å²) in [6.45, 7) is 3.92. The van der Waals surface area contributed by atoms with E-state index in [4.69, 9.17) is 5.26 Å². The molecular formula is C13H16FNO2S. The van der Waals surface area contributed by atoms with Gasteiger partial charge in [-0.3, -0.25) is 0 Å². The number of rotatable bonds is 5. The lowest BCUT2D eigenvalue weighted by Crippen LogP contribution is -2.11. The number of hydrogen-bond donors (Lipinski definition) is 0. The molecule has 1 aromatic rings. The molecule has 0 aliphatic rings. The number of nitrogens with zero attached hydrogens (tertiary/aromatic N) is 1. The van der Waals surface area contributed by atoms with Crippen molar-refractivity contribution >= 4 is 9.84 Å². The third-order valence-corrected chi connectivity index (χ3v) is 4.17. The van der Waals surface area contributed by atoms with Crippen LogP contribution in [0, 0.1) is 23.1 Å². The molecule has 0 radical (unpaired) electrons. The first kappa shape index (κ1) is 14.7. The molecule has 0 N–H and O–H groups in total. The zero-order chi connectivity index (χ0) is 13.8. The summed E-state index contributed by atoms with van der Waals surface area (Å²) in [6.07, 6.45) is 0.606. The van der Waals surface area contributed by atoms with E-state index in [0.29, 0.717) is 17.9 Å². The largest absolute Gasteiger partial charge is 0.228 e. The molecule has 0 heterocycles. The summed E-state index contributed by atoms with van der Waals surface area (Å²) in [6, 6.07) is 5.53. The van der Waals surface area contributed by atoms with Gasteiger partial charge in [0.2, 0.25) is 0 Å². The van der Waals surface area contributed by atoms with Crippen LogP contribution in [0.2, 0.25) is 0 Å². The molecule has 98 valence electrons. The fourth-order valence-corrected chi connectivity index (χ4v) is 3.15. The summed E-state index contributed by atoms with van der Waals surface area (Å²) in [7, 11) is -3.20. The normalized spacial score (nSPS) is 11.5. The molecule has 0 aliphatic heterocycles. The van der Waals surface area contributed by atoms with Crippen LogP contribution in [0.1, 0.15) is 31.4 Å². The minimum Gasteiger partial charge on any atom is -0.228 e. The van der Waals surface area contributed by atoms with Crippen molar-refractivity contribution in [2.75, 3.05) is 5.75 Å². The third kappa shape index (κ3) is 4.46. The molecule has 5 heteroatoms. The van der Waals surface area contributed by atoms with Gasteiger partial charge in [0.05, 0.1) is 17.1 Å². The van der Waals surface area contributed by atoms with Crippen molar-refractivity contribution in [2.45, 2.75) is 26.0 Å². The highest BCUT2D eigenvalue weighted by molar-refractivity contribution is 7.90. The molecule has 0 saturated heterocycles. The maximum Gasteiger partial charge on any atom is 0.154 e. The second kappa shape index (κ2) is 5.96. The van der Waals surface area contributed by atoms with Gasteiger partial charge in [0.25, 0.3) is 0 Å². The molecular weight excluding hydrogens is 253 g/mol. The molecule has 0 spiro atoms. The van der Waals surface area contributed by atoms with E-state index in [-0.39, 0.29) is 17.1 Å². The molecule has 0 aliphatic carbocycles. The predicted molar refractivity (Wildman–Crippen MR) is 68.1 cm³/mol. The molecule has 0 amide bonds. The van der Waals surface area contributed by atoms with Crippen LogP contribution in [0.5, 0.6) is 0 Å². The van der Waals surface area contributed by atoms with E-state index in [2.05, 4.69) is 0 Å². The second-order valence-corrected chi connectivity index (χ2v) is 6.88. The molecule has 1 aromatic carbocycles. The highest BCUT2D eigenvalue weighted by Crippen LogP contribution is 2.14. The number of nitriles is 1. The van der Waals surface area contributed by atoms with E-state index >= 15 is 0 Å². The Balaban J connectivity index is 2.82. The Labute approximate surface area is 107 Å². The van der Waals surface area contributed by atoms with Gasteiger partial charge < -0.3 is 0 Å². The summed E-state index contributed by atoms with van der Waals surface area (Å²) in [5, 5.41) is 8.68. The van der Waals surface area contributed by atoms with Gasteiger partial charge in [0, 0.05) is 0 Å². The maximum absolute atomic E-state index is 13.1. The Morgan fingerprint density at radius 3 is 2.61 bits per heavy atom. The topological polar surface area (TPSA) is 57.9 Å². The lowest BCUT2D eigenvalue weighted by Gasteiger charge is -2.07. The molecule has 0 unspecified atom stereocenters. The Morgan fingerprint density at radius 2 is 2.06 bits per heavy atom. The SMILES string of the molecule is CC(C)CCS(=O)(=O)Cc1ccc(F)c(C#N)c1. The highest BCUT2D eigenvalue weighted by atomic mass is 32.2. The van der Waals surface area contributed by atoms with Crippen molar-refractivity contribution in [1.29, 1.82) is 5.26 Å². The van der Waals surface area contributed by atoms with Crippen LogP contribution >= 0.6 is 0 Å².